The average Bonchev–Trinajstić information content (AvgIpc) is 2.92. The minimum atomic E-state index is -0.728. The van der Waals surface area contributed by atoms with Gasteiger partial charge in [-0.1, -0.05) is 6.42 Å². The van der Waals surface area contributed by atoms with E-state index in [2.05, 4.69) is 17.3 Å². The Hall–Kier alpha value is -1.30. The number of piperidine rings is 1. The number of urea groups is 1. The highest BCUT2D eigenvalue weighted by molar-refractivity contribution is 5.74. The molecule has 3 unspecified atom stereocenters. The van der Waals surface area contributed by atoms with Crippen molar-refractivity contribution in [1.29, 1.82) is 0 Å². The molecule has 0 aromatic carbocycles. The summed E-state index contributed by atoms with van der Waals surface area (Å²) in [5.41, 5.74) is 0. The molecule has 2 fully saturated rings. The second-order valence-corrected chi connectivity index (χ2v) is 6.49. The molecule has 6 nitrogen and oxygen atoms in total. The van der Waals surface area contributed by atoms with Crippen molar-refractivity contribution in [2.24, 2.45) is 11.8 Å². The van der Waals surface area contributed by atoms with E-state index < -0.39 is 5.97 Å². The zero-order valence-electron chi connectivity index (χ0n) is 13.0. The summed E-state index contributed by atoms with van der Waals surface area (Å²) in [6.45, 7) is 2.47. The minimum absolute atomic E-state index is 0.0775. The fraction of sp³-hybridized carbons (Fsp3) is 0.867. The van der Waals surface area contributed by atoms with E-state index in [0.29, 0.717) is 6.54 Å². The Bertz CT molecular complexity index is 388. The maximum Gasteiger partial charge on any atom is 0.317 e. The van der Waals surface area contributed by atoms with Crippen LogP contribution in [0.15, 0.2) is 0 Å². The molecule has 2 aliphatic rings. The van der Waals surface area contributed by atoms with Gasteiger partial charge in [-0.05, 0) is 45.2 Å². The van der Waals surface area contributed by atoms with Crippen LogP contribution >= 0.6 is 0 Å². The van der Waals surface area contributed by atoms with Gasteiger partial charge < -0.3 is 20.2 Å². The fourth-order valence-corrected chi connectivity index (χ4v) is 3.57. The third-order valence-corrected chi connectivity index (χ3v) is 4.96. The number of carboxylic acids is 1. The van der Waals surface area contributed by atoms with Gasteiger partial charge in [-0.2, -0.15) is 0 Å². The summed E-state index contributed by atoms with van der Waals surface area (Å²) < 4.78 is 0. The molecule has 1 saturated heterocycles. The lowest BCUT2D eigenvalue weighted by Gasteiger charge is -2.36. The summed E-state index contributed by atoms with van der Waals surface area (Å²) in [4.78, 5) is 27.4. The molecule has 1 heterocycles. The number of aliphatic carboxylic acids is 1. The molecule has 1 saturated carbocycles. The molecule has 2 amide bonds. The molecule has 2 N–H and O–H groups in total. The average molecular weight is 297 g/mol. The Kier molecular flexibility index (Phi) is 5.45. The maximum absolute atomic E-state index is 12.2. The van der Waals surface area contributed by atoms with Crippen LogP contribution in [0.5, 0.6) is 0 Å². The van der Waals surface area contributed by atoms with Crippen molar-refractivity contribution in [2.45, 2.75) is 38.1 Å². The number of amides is 2. The highest BCUT2D eigenvalue weighted by atomic mass is 16.4. The van der Waals surface area contributed by atoms with Gasteiger partial charge in [-0.15, -0.1) is 0 Å². The lowest BCUT2D eigenvalue weighted by molar-refractivity contribution is -0.142. The van der Waals surface area contributed by atoms with Crippen LogP contribution in [0.1, 0.15) is 32.1 Å². The predicted molar refractivity (Wildman–Crippen MR) is 80.1 cm³/mol. The minimum Gasteiger partial charge on any atom is -0.481 e. The van der Waals surface area contributed by atoms with Crippen molar-refractivity contribution < 1.29 is 14.7 Å². The normalized spacial score (nSPS) is 30.1. The highest BCUT2D eigenvalue weighted by Gasteiger charge is 2.33. The van der Waals surface area contributed by atoms with Crippen molar-refractivity contribution in [3.63, 3.8) is 0 Å². The van der Waals surface area contributed by atoms with Gasteiger partial charge in [0.15, 0.2) is 0 Å². The number of rotatable bonds is 4. The largest absolute Gasteiger partial charge is 0.481 e. The third kappa shape index (κ3) is 4.09. The van der Waals surface area contributed by atoms with E-state index in [4.69, 9.17) is 5.11 Å². The molecule has 1 aliphatic heterocycles. The first-order chi connectivity index (χ1) is 9.99. The number of carbonyl (C=O) groups excluding carboxylic acids is 1. The molecular weight excluding hydrogens is 270 g/mol. The van der Waals surface area contributed by atoms with Crippen molar-refractivity contribution >= 4 is 12.0 Å². The van der Waals surface area contributed by atoms with Gasteiger partial charge in [0.1, 0.15) is 0 Å². The van der Waals surface area contributed by atoms with E-state index in [1.165, 1.54) is 0 Å². The van der Waals surface area contributed by atoms with Crippen LogP contribution < -0.4 is 5.32 Å². The predicted octanol–water partition coefficient (Wildman–Crippen LogP) is 1.22. The molecule has 0 bridgehead atoms. The van der Waals surface area contributed by atoms with Crippen LogP contribution in [0.3, 0.4) is 0 Å². The summed E-state index contributed by atoms with van der Waals surface area (Å²) >= 11 is 0. The lowest BCUT2D eigenvalue weighted by atomic mass is 9.96. The Morgan fingerprint density at radius 1 is 1.29 bits per heavy atom. The number of hydrogen-bond acceptors (Lipinski definition) is 3. The Morgan fingerprint density at radius 3 is 2.71 bits per heavy atom. The summed E-state index contributed by atoms with van der Waals surface area (Å²) in [5.74, 6) is -0.945. The summed E-state index contributed by atoms with van der Waals surface area (Å²) in [6, 6.07) is 0.175. The Balaban J connectivity index is 1.79. The first kappa shape index (κ1) is 16.1. The van der Waals surface area contributed by atoms with Gasteiger partial charge in [-0.3, -0.25) is 4.79 Å². The molecule has 0 aromatic heterocycles. The SMILES string of the molecule is CN1CCCC(N(C)C(=O)NCC2CCCC2C(=O)O)C1. The van der Waals surface area contributed by atoms with Gasteiger partial charge in [0, 0.05) is 26.2 Å². The van der Waals surface area contributed by atoms with Gasteiger partial charge in [0.25, 0.3) is 0 Å². The molecule has 3 atom stereocenters. The van der Waals surface area contributed by atoms with E-state index in [9.17, 15) is 9.59 Å². The zero-order valence-corrected chi connectivity index (χ0v) is 13.0. The van der Waals surface area contributed by atoms with E-state index in [-0.39, 0.29) is 23.9 Å². The zero-order chi connectivity index (χ0) is 15.4. The Morgan fingerprint density at radius 2 is 2.05 bits per heavy atom. The van der Waals surface area contributed by atoms with Crippen LogP contribution in [0, 0.1) is 11.8 Å². The number of hydrogen-bond donors (Lipinski definition) is 2. The molecular formula is C15H27N3O3. The monoisotopic (exact) mass is 297 g/mol. The third-order valence-electron chi connectivity index (χ3n) is 4.96. The first-order valence-electron chi connectivity index (χ1n) is 7.91. The first-order valence-corrected chi connectivity index (χ1v) is 7.91. The van der Waals surface area contributed by atoms with Crippen LogP contribution in [0.25, 0.3) is 0 Å². The molecule has 1 aliphatic carbocycles. The molecule has 120 valence electrons. The van der Waals surface area contributed by atoms with E-state index in [0.717, 1.165) is 45.2 Å². The smallest absolute Gasteiger partial charge is 0.317 e. The molecule has 0 aromatic rings. The topological polar surface area (TPSA) is 72.9 Å². The fourth-order valence-electron chi connectivity index (χ4n) is 3.57. The number of carboxylic acid groups (broad SMARTS) is 1. The number of likely N-dealkylation sites (tertiary alicyclic amines) is 1. The van der Waals surface area contributed by atoms with Crippen molar-refractivity contribution in [2.75, 3.05) is 33.7 Å². The highest BCUT2D eigenvalue weighted by Crippen LogP contribution is 2.31. The second-order valence-electron chi connectivity index (χ2n) is 6.49. The molecule has 0 radical (unpaired) electrons. The number of likely N-dealkylation sites (N-methyl/N-ethyl adjacent to an activating group) is 2. The van der Waals surface area contributed by atoms with Crippen molar-refractivity contribution in [3.8, 4) is 0 Å². The number of nitrogens with one attached hydrogen (secondary N) is 1. The van der Waals surface area contributed by atoms with E-state index in [1.54, 1.807) is 4.90 Å². The lowest BCUT2D eigenvalue weighted by Crippen LogP contribution is -2.51. The number of carbonyl (C=O) groups is 2. The van der Waals surface area contributed by atoms with Gasteiger partial charge in [0.2, 0.25) is 0 Å². The van der Waals surface area contributed by atoms with Gasteiger partial charge >= 0.3 is 12.0 Å². The standard InChI is InChI=1S/C15H27N3O3/c1-17-8-4-6-12(10-17)18(2)15(21)16-9-11-5-3-7-13(11)14(19)20/h11-13H,3-10H2,1-2H3,(H,16,21)(H,19,20). The molecule has 2 rings (SSSR count). The van der Waals surface area contributed by atoms with Crippen LogP contribution in [-0.2, 0) is 4.79 Å². The summed E-state index contributed by atoms with van der Waals surface area (Å²) in [5, 5.41) is 12.1. The summed E-state index contributed by atoms with van der Waals surface area (Å²) in [7, 11) is 3.91. The summed E-state index contributed by atoms with van der Waals surface area (Å²) in [6.07, 6.45) is 4.73. The maximum atomic E-state index is 12.2. The molecule has 6 heteroatoms. The quantitative estimate of drug-likeness (QED) is 0.818. The van der Waals surface area contributed by atoms with Crippen LogP contribution in [0.4, 0.5) is 4.79 Å². The molecule has 0 spiro atoms. The van der Waals surface area contributed by atoms with Gasteiger partial charge in [-0.25, -0.2) is 4.79 Å². The van der Waals surface area contributed by atoms with Crippen LogP contribution in [-0.4, -0.2) is 66.7 Å². The van der Waals surface area contributed by atoms with E-state index in [1.807, 2.05) is 7.05 Å². The van der Waals surface area contributed by atoms with Crippen molar-refractivity contribution in [1.82, 2.24) is 15.1 Å². The molecule has 21 heavy (non-hydrogen) atoms. The number of nitrogens with zero attached hydrogens (tertiary/aromatic N) is 2. The van der Waals surface area contributed by atoms with Crippen molar-refractivity contribution in [3.05, 3.63) is 0 Å². The van der Waals surface area contributed by atoms with Crippen LogP contribution in [0.2, 0.25) is 0 Å². The van der Waals surface area contributed by atoms with Gasteiger partial charge in [0.05, 0.1) is 5.92 Å². The second kappa shape index (κ2) is 7.11. The van der Waals surface area contributed by atoms with E-state index >= 15 is 0 Å². The Labute approximate surface area is 126 Å².